The Morgan fingerprint density at radius 3 is 3.05 bits per heavy atom. The van der Waals surface area contributed by atoms with Crippen LogP contribution in [-0.2, 0) is 13.0 Å². The molecule has 0 saturated carbocycles. The van der Waals surface area contributed by atoms with Crippen LogP contribution >= 0.6 is 0 Å². The number of ether oxygens (including phenoxy) is 1. The number of aryl methyl sites for hydroxylation is 1. The van der Waals surface area contributed by atoms with Gasteiger partial charge in [0.2, 0.25) is 11.7 Å². The first-order chi connectivity index (χ1) is 9.24. The van der Waals surface area contributed by atoms with Crippen molar-refractivity contribution in [3.63, 3.8) is 0 Å². The molecule has 0 bridgehead atoms. The summed E-state index contributed by atoms with van der Waals surface area (Å²) in [5.74, 6) is 0.474. The molecular formula is C13H12FN3O2. The number of nitrogens with zero attached hydrogens (tertiary/aromatic N) is 3. The van der Waals surface area contributed by atoms with Crippen LogP contribution in [0.2, 0.25) is 0 Å². The van der Waals surface area contributed by atoms with E-state index in [9.17, 15) is 4.39 Å². The highest BCUT2D eigenvalue weighted by molar-refractivity contribution is 5.43. The van der Waals surface area contributed by atoms with E-state index >= 15 is 0 Å². The number of nitriles is 1. The fourth-order valence-electron chi connectivity index (χ4n) is 1.54. The Kier molecular flexibility index (Phi) is 4.08. The molecule has 0 N–H and O–H groups in total. The van der Waals surface area contributed by atoms with Crippen molar-refractivity contribution in [1.29, 1.82) is 5.26 Å². The van der Waals surface area contributed by atoms with E-state index in [0.717, 1.165) is 6.42 Å². The summed E-state index contributed by atoms with van der Waals surface area (Å²) in [6.07, 6.45) is 1.61. The van der Waals surface area contributed by atoms with Crippen molar-refractivity contribution in [2.75, 3.05) is 0 Å². The zero-order valence-electron chi connectivity index (χ0n) is 10.4. The predicted octanol–water partition coefficient (Wildman–Crippen LogP) is 2.61. The second kappa shape index (κ2) is 5.96. The molecule has 5 nitrogen and oxygen atoms in total. The van der Waals surface area contributed by atoms with Crippen LogP contribution in [0.25, 0.3) is 0 Å². The Bertz CT molecular complexity index is 604. The molecule has 19 heavy (non-hydrogen) atoms. The second-order valence-corrected chi connectivity index (χ2v) is 3.87. The first kappa shape index (κ1) is 13.0. The molecule has 0 unspecified atom stereocenters. The lowest BCUT2D eigenvalue weighted by molar-refractivity contribution is 0.283. The van der Waals surface area contributed by atoms with E-state index in [1.807, 2.05) is 6.92 Å². The van der Waals surface area contributed by atoms with Gasteiger partial charge in [0.1, 0.15) is 23.2 Å². The lowest BCUT2D eigenvalue weighted by atomic mass is 10.2. The zero-order valence-corrected chi connectivity index (χ0v) is 10.4. The molecule has 0 spiro atoms. The van der Waals surface area contributed by atoms with Crippen molar-refractivity contribution in [1.82, 2.24) is 10.1 Å². The van der Waals surface area contributed by atoms with Gasteiger partial charge in [-0.1, -0.05) is 18.1 Å². The summed E-state index contributed by atoms with van der Waals surface area (Å²) in [6, 6.07) is 5.97. The van der Waals surface area contributed by atoms with Gasteiger partial charge < -0.3 is 9.26 Å². The maximum atomic E-state index is 13.3. The summed E-state index contributed by atoms with van der Waals surface area (Å²) in [5, 5.41) is 12.6. The van der Waals surface area contributed by atoms with Crippen molar-refractivity contribution >= 4 is 0 Å². The van der Waals surface area contributed by atoms with Gasteiger partial charge in [-0.3, -0.25) is 0 Å². The van der Waals surface area contributed by atoms with E-state index in [-0.39, 0.29) is 17.9 Å². The van der Waals surface area contributed by atoms with E-state index in [4.69, 9.17) is 14.5 Å². The van der Waals surface area contributed by atoms with Crippen molar-refractivity contribution in [2.45, 2.75) is 26.4 Å². The molecule has 1 aromatic heterocycles. The summed E-state index contributed by atoms with van der Waals surface area (Å²) >= 11 is 0. The molecule has 0 saturated heterocycles. The Labute approximate surface area is 109 Å². The highest BCUT2D eigenvalue weighted by Crippen LogP contribution is 2.21. The van der Waals surface area contributed by atoms with Crippen LogP contribution in [0, 0.1) is 17.1 Å². The molecule has 1 heterocycles. The SMILES string of the molecule is CCCc1nc(COc2cccc(F)c2C#N)no1. The van der Waals surface area contributed by atoms with E-state index in [1.54, 1.807) is 6.07 Å². The minimum Gasteiger partial charge on any atom is -0.484 e. The Morgan fingerprint density at radius 2 is 2.32 bits per heavy atom. The van der Waals surface area contributed by atoms with E-state index in [2.05, 4.69) is 10.1 Å². The number of rotatable bonds is 5. The smallest absolute Gasteiger partial charge is 0.226 e. The predicted molar refractivity (Wildman–Crippen MR) is 63.7 cm³/mol. The Morgan fingerprint density at radius 1 is 1.47 bits per heavy atom. The normalized spacial score (nSPS) is 10.2. The lowest BCUT2D eigenvalue weighted by Crippen LogP contribution is -2.00. The van der Waals surface area contributed by atoms with Gasteiger partial charge in [0, 0.05) is 6.42 Å². The van der Waals surface area contributed by atoms with Crippen LogP contribution in [0.4, 0.5) is 4.39 Å². The van der Waals surface area contributed by atoms with Crippen LogP contribution in [0.15, 0.2) is 22.7 Å². The summed E-state index contributed by atoms with van der Waals surface area (Å²) in [4.78, 5) is 4.11. The van der Waals surface area contributed by atoms with E-state index in [0.29, 0.717) is 18.1 Å². The summed E-state index contributed by atoms with van der Waals surface area (Å²) in [5.41, 5.74) is -0.125. The summed E-state index contributed by atoms with van der Waals surface area (Å²) in [6.45, 7) is 2.04. The number of hydrogen-bond donors (Lipinski definition) is 0. The molecule has 98 valence electrons. The fraction of sp³-hybridized carbons (Fsp3) is 0.308. The molecule has 0 amide bonds. The Balaban J connectivity index is 2.06. The van der Waals surface area contributed by atoms with Crippen molar-refractivity contribution in [3.8, 4) is 11.8 Å². The first-order valence-corrected chi connectivity index (χ1v) is 5.87. The van der Waals surface area contributed by atoms with Gasteiger partial charge in [-0.15, -0.1) is 0 Å². The third-order valence-electron chi connectivity index (χ3n) is 2.42. The molecule has 0 aliphatic heterocycles. The number of halogens is 1. The standard InChI is InChI=1S/C13H12FN3O2/c1-2-4-13-16-12(17-19-13)8-18-11-6-3-5-10(14)9(11)7-15/h3,5-6H,2,4,8H2,1H3. The van der Waals surface area contributed by atoms with Gasteiger partial charge >= 0.3 is 0 Å². The van der Waals surface area contributed by atoms with Crippen molar-refractivity contribution in [2.24, 2.45) is 0 Å². The third kappa shape index (κ3) is 3.07. The minimum absolute atomic E-state index is 0.0331. The summed E-state index contributed by atoms with van der Waals surface area (Å²) in [7, 11) is 0. The summed E-state index contributed by atoms with van der Waals surface area (Å²) < 4.78 is 23.7. The average molecular weight is 261 g/mol. The van der Waals surface area contributed by atoms with Gasteiger partial charge in [-0.2, -0.15) is 10.2 Å². The van der Waals surface area contributed by atoms with Crippen LogP contribution in [0.3, 0.4) is 0 Å². The van der Waals surface area contributed by atoms with Gasteiger partial charge in [-0.05, 0) is 18.6 Å². The van der Waals surface area contributed by atoms with E-state index in [1.165, 1.54) is 18.2 Å². The number of hydrogen-bond acceptors (Lipinski definition) is 5. The zero-order chi connectivity index (χ0) is 13.7. The van der Waals surface area contributed by atoms with Crippen LogP contribution in [-0.4, -0.2) is 10.1 Å². The lowest BCUT2D eigenvalue weighted by Gasteiger charge is -2.05. The maximum Gasteiger partial charge on any atom is 0.226 e. The molecule has 1 aromatic carbocycles. The quantitative estimate of drug-likeness (QED) is 0.827. The molecule has 0 fully saturated rings. The van der Waals surface area contributed by atoms with Gasteiger partial charge in [-0.25, -0.2) is 4.39 Å². The molecule has 0 radical (unpaired) electrons. The van der Waals surface area contributed by atoms with Gasteiger partial charge in [0.15, 0.2) is 6.61 Å². The topological polar surface area (TPSA) is 71.9 Å². The van der Waals surface area contributed by atoms with E-state index < -0.39 is 5.82 Å². The van der Waals surface area contributed by atoms with Crippen molar-refractivity contribution in [3.05, 3.63) is 41.3 Å². The number of benzene rings is 1. The fourth-order valence-corrected chi connectivity index (χ4v) is 1.54. The highest BCUT2D eigenvalue weighted by Gasteiger charge is 2.11. The second-order valence-electron chi connectivity index (χ2n) is 3.87. The first-order valence-electron chi connectivity index (χ1n) is 5.87. The highest BCUT2D eigenvalue weighted by atomic mass is 19.1. The molecule has 0 aliphatic carbocycles. The molecule has 6 heteroatoms. The maximum absolute atomic E-state index is 13.3. The van der Waals surface area contributed by atoms with Crippen LogP contribution < -0.4 is 4.74 Å². The largest absolute Gasteiger partial charge is 0.484 e. The number of aromatic nitrogens is 2. The molecule has 0 aliphatic rings. The van der Waals surface area contributed by atoms with Gasteiger partial charge in [0.05, 0.1) is 0 Å². The van der Waals surface area contributed by atoms with Crippen LogP contribution in [0.1, 0.15) is 30.6 Å². The third-order valence-corrected chi connectivity index (χ3v) is 2.42. The Hall–Kier alpha value is -2.42. The monoisotopic (exact) mass is 261 g/mol. The molecule has 2 rings (SSSR count). The molecule has 0 atom stereocenters. The average Bonchev–Trinajstić information content (AvgIpc) is 2.84. The van der Waals surface area contributed by atoms with Crippen molar-refractivity contribution < 1.29 is 13.7 Å². The van der Waals surface area contributed by atoms with Crippen LogP contribution in [0.5, 0.6) is 5.75 Å². The minimum atomic E-state index is -0.611. The van der Waals surface area contributed by atoms with Gasteiger partial charge in [0.25, 0.3) is 0 Å². The molecule has 2 aromatic rings. The molecular weight excluding hydrogens is 249 g/mol.